The Labute approximate surface area is 71.0 Å². The Morgan fingerprint density at radius 3 is 2.36 bits per heavy atom. The molecule has 1 aromatic rings. The Morgan fingerprint density at radius 1 is 1.36 bits per heavy atom. The van der Waals surface area contributed by atoms with Gasteiger partial charge in [0, 0.05) is 5.69 Å². The molecule has 0 fully saturated rings. The lowest BCUT2D eigenvalue weighted by molar-refractivity contribution is 0.270. The van der Waals surface area contributed by atoms with Gasteiger partial charge in [0.25, 0.3) is 5.24 Å². The highest BCUT2D eigenvalue weighted by atomic mass is 32.1. The third kappa shape index (κ3) is 2.63. The van der Waals surface area contributed by atoms with Crippen LogP contribution in [0.4, 0.5) is 10.5 Å². The van der Waals surface area contributed by atoms with Crippen LogP contribution in [0.3, 0.4) is 0 Å². The fraction of sp³-hybridized carbons (Fsp3) is 0.125. The largest absolute Gasteiger partial charge is 0.317 e. The van der Waals surface area contributed by atoms with E-state index in [4.69, 9.17) is 0 Å². The van der Waals surface area contributed by atoms with Crippen molar-refractivity contribution in [1.29, 1.82) is 0 Å². The molecular formula is C8H9NOS. The maximum atomic E-state index is 10.5. The van der Waals surface area contributed by atoms with E-state index in [1.165, 1.54) is 5.56 Å². The molecule has 0 aliphatic rings. The van der Waals surface area contributed by atoms with Crippen LogP contribution < -0.4 is 5.32 Å². The second-order valence-electron chi connectivity index (χ2n) is 2.30. The van der Waals surface area contributed by atoms with Gasteiger partial charge in [-0.2, -0.15) is 0 Å². The van der Waals surface area contributed by atoms with Crippen molar-refractivity contribution < 1.29 is 4.79 Å². The molecule has 1 amide bonds. The van der Waals surface area contributed by atoms with Gasteiger partial charge in [0.2, 0.25) is 0 Å². The zero-order valence-electron chi connectivity index (χ0n) is 6.16. The summed E-state index contributed by atoms with van der Waals surface area (Å²) in [5.41, 5.74) is 1.94. The second-order valence-corrected chi connectivity index (χ2v) is 2.70. The number of nitrogens with one attached hydrogen (secondary N) is 1. The van der Waals surface area contributed by atoms with Crippen molar-refractivity contribution in [1.82, 2.24) is 0 Å². The molecule has 58 valence electrons. The van der Waals surface area contributed by atoms with Gasteiger partial charge in [-0.3, -0.25) is 4.79 Å². The molecule has 0 saturated carbocycles. The SMILES string of the molecule is Cc1ccc(NC(=O)S)cc1. The minimum absolute atomic E-state index is 0.339. The molecule has 0 unspecified atom stereocenters. The number of anilines is 1. The fourth-order valence-electron chi connectivity index (χ4n) is 0.760. The summed E-state index contributed by atoms with van der Waals surface area (Å²) in [5, 5.41) is 2.22. The maximum absolute atomic E-state index is 10.5. The van der Waals surface area contributed by atoms with E-state index < -0.39 is 0 Å². The molecule has 0 spiro atoms. The molecule has 1 aromatic carbocycles. The fourth-order valence-corrected chi connectivity index (χ4v) is 0.889. The highest BCUT2D eigenvalue weighted by Crippen LogP contribution is 2.08. The highest BCUT2D eigenvalue weighted by Gasteiger charge is 1.93. The number of hydrogen-bond acceptors (Lipinski definition) is 1. The molecule has 0 aromatic heterocycles. The first-order valence-corrected chi connectivity index (χ1v) is 3.70. The number of amides is 1. The molecule has 0 aliphatic heterocycles. The molecule has 0 atom stereocenters. The van der Waals surface area contributed by atoms with Crippen molar-refractivity contribution in [3.8, 4) is 0 Å². The van der Waals surface area contributed by atoms with Crippen LogP contribution in [0.5, 0.6) is 0 Å². The summed E-state index contributed by atoms with van der Waals surface area (Å²) in [7, 11) is 0. The van der Waals surface area contributed by atoms with Crippen LogP contribution in [0.1, 0.15) is 5.56 Å². The first-order valence-electron chi connectivity index (χ1n) is 3.25. The van der Waals surface area contributed by atoms with Crippen LogP contribution in [0.15, 0.2) is 24.3 Å². The third-order valence-electron chi connectivity index (χ3n) is 1.30. The summed E-state index contributed by atoms with van der Waals surface area (Å²) in [5.74, 6) is 0. The van der Waals surface area contributed by atoms with Crippen LogP contribution in [0.25, 0.3) is 0 Å². The van der Waals surface area contributed by atoms with Crippen LogP contribution in [-0.4, -0.2) is 5.24 Å². The van der Waals surface area contributed by atoms with E-state index in [1.54, 1.807) is 0 Å². The van der Waals surface area contributed by atoms with Gasteiger partial charge in [0.05, 0.1) is 0 Å². The standard InChI is InChI=1S/C8H9NOS/c1-6-2-4-7(5-3-6)9-8(10)11/h2-5H,1H3,(H2,9,10,11). The second kappa shape index (κ2) is 3.44. The number of thiol groups is 1. The Morgan fingerprint density at radius 2 is 1.91 bits per heavy atom. The average Bonchev–Trinajstić information content (AvgIpc) is 1.93. The molecule has 0 saturated heterocycles. The van der Waals surface area contributed by atoms with Crippen molar-refractivity contribution in [2.75, 3.05) is 5.32 Å². The van der Waals surface area contributed by atoms with Crippen LogP contribution in [-0.2, 0) is 0 Å². The predicted molar refractivity (Wildman–Crippen MR) is 49.2 cm³/mol. The van der Waals surface area contributed by atoms with Crippen LogP contribution in [0.2, 0.25) is 0 Å². The molecule has 0 heterocycles. The minimum Gasteiger partial charge on any atom is -0.317 e. The van der Waals surface area contributed by atoms with Crippen LogP contribution in [0, 0.1) is 6.92 Å². The van der Waals surface area contributed by atoms with Gasteiger partial charge in [-0.15, -0.1) is 0 Å². The van der Waals surface area contributed by atoms with E-state index >= 15 is 0 Å². The Balaban J connectivity index is 2.74. The molecule has 0 bridgehead atoms. The average molecular weight is 167 g/mol. The summed E-state index contributed by atoms with van der Waals surface area (Å²) in [4.78, 5) is 10.5. The summed E-state index contributed by atoms with van der Waals surface area (Å²) in [6, 6.07) is 7.53. The lowest BCUT2D eigenvalue weighted by Crippen LogP contribution is -2.00. The third-order valence-corrected chi connectivity index (χ3v) is 1.41. The summed E-state index contributed by atoms with van der Waals surface area (Å²) in [6.45, 7) is 1.99. The van der Waals surface area contributed by atoms with Crippen LogP contribution >= 0.6 is 12.6 Å². The zero-order chi connectivity index (χ0) is 8.27. The van der Waals surface area contributed by atoms with Gasteiger partial charge in [-0.1, -0.05) is 30.3 Å². The van der Waals surface area contributed by atoms with Gasteiger partial charge in [0.15, 0.2) is 0 Å². The Bertz CT molecular complexity index is 255. The smallest absolute Gasteiger partial charge is 0.280 e. The quantitative estimate of drug-likeness (QED) is 0.618. The van der Waals surface area contributed by atoms with Crippen molar-refractivity contribution in [2.45, 2.75) is 6.92 Å². The predicted octanol–water partition coefficient (Wildman–Crippen LogP) is 2.46. The Kier molecular flexibility index (Phi) is 2.54. The first kappa shape index (κ1) is 8.14. The van der Waals surface area contributed by atoms with Crippen molar-refractivity contribution in [3.63, 3.8) is 0 Å². The summed E-state index contributed by atoms with van der Waals surface area (Å²) >= 11 is 3.59. The summed E-state index contributed by atoms with van der Waals surface area (Å²) in [6.07, 6.45) is 0. The topological polar surface area (TPSA) is 29.1 Å². The number of carbonyl (C=O) groups is 1. The van der Waals surface area contributed by atoms with Gasteiger partial charge >= 0.3 is 0 Å². The zero-order valence-corrected chi connectivity index (χ0v) is 7.06. The van der Waals surface area contributed by atoms with Crippen molar-refractivity contribution >= 4 is 23.6 Å². The van der Waals surface area contributed by atoms with E-state index in [1.807, 2.05) is 31.2 Å². The minimum atomic E-state index is -0.339. The van der Waals surface area contributed by atoms with Gasteiger partial charge in [0.1, 0.15) is 0 Å². The molecule has 3 heteroatoms. The summed E-state index contributed by atoms with van der Waals surface area (Å²) < 4.78 is 0. The van der Waals surface area contributed by atoms with E-state index in [9.17, 15) is 4.79 Å². The monoisotopic (exact) mass is 167 g/mol. The molecule has 0 aliphatic carbocycles. The normalized spacial score (nSPS) is 9.27. The molecule has 0 radical (unpaired) electrons. The molecule has 2 nitrogen and oxygen atoms in total. The van der Waals surface area contributed by atoms with E-state index in [0.29, 0.717) is 0 Å². The molecule has 1 rings (SSSR count). The van der Waals surface area contributed by atoms with E-state index in [2.05, 4.69) is 17.9 Å². The van der Waals surface area contributed by atoms with Crippen molar-refractivity contribution in [2.24, 2.45) is 0 Å². The number of benzene rings is 1. The molecule has 11 heavy (non-hydrogen) atoms. The van der Waals surface area contributed by atoms with Gasteiger partial charge in [-0.25, -0.2) is 0 Å². The maximum Gasteiger partial charge on any atom is 0.280 e. The lowest BCUT2D eigenvalue weighted by Gasteiger charge is -1.99. The van der Waals surface area contributed by atoms with E-state index in [0.717, 1.165) is 5.69 Å². The molecule has 1 N–H and O–H groups in total. The van der Waals surface area contributed by atoms with Crippen molar-refractivity contribution in [3.05, 3.63) is 29.8 Å². The van der Waals surface area contributed by atoms with Gasteiger partial charge < -0.3 is 5.32 Å². The van der Waals surface area contributed by atoms with Gasteiger partial charge in [-0.05, 0) is 19.1 Å². The number of carbonyl (C=O) groups excluding carboxylic acids is 1. The number of hydrogen-bond donors (Lipinski definition) is 2. The number of rotatable bonds is 1. The van der Waals surface area contributed by atoms with E-state index in [-0.39, 0.29) is 5.24 Å². The highest BCUT2D eigenvalue weighted by molar-refractivity contribution is 7.96. The molecular weight excluding hydrogens is 158 g/mol. The lowest BCUT2D eigenvalue weighted by atomic mass is 10.2. The first-order chi connectivity index (χ1) is 5.18. The Hall–Kier alpha value is -0.960. The number of aryl methyl sites for hydroxylation is 1.